The van der Waals surface area contributed by atoms with Gasteiger partial charge in [0, 0.05) is 19.1 Å². The third-order valence-corrected chi connectivity index (χ3v) is 2.05. The van der Waals surface area contributed by atoms with Crippen LogP contribution in [0.25, 0.3) is 0 Å². The van der Waals surface area contributed by atoms with Crippen LogP contribution >= 0.6 is 0 Å². The SMILES string of the molecule is C=CC(=O)OC(OC(=O)C=C)C(F)(F)C(F)(F)C(C)(F)F. The first-order chi connectivity index (χ1) is 9.31. The molecule has 0 bridgehead atoms. The normalized spacial score (nSPS) is 12.8. The van der Waals surface area contributed by atoms with E-state index in [4.69, 9.17) is 0 Å². The predicted molar refractivity (Wildman–Crippen MR) is 56.9 cm³/mol. The van der Waals surface area contributed by atoms with E-state index in [0.717, 1.165) is 0 Å². The summed E-state index contributed by atoms with van der Waals surface area (Å²) in [6.07, 6.45) is -3.02. The summed E-state index contributed by atoms with van der Waals surface area (Å²) in [5.74, 6) is -20.2. The second-order valence-corrected chi connectivity index (χ2v) is 3.70. The summed E-state index contributed by atoms with van der Waals surface area (Å²) in [5.41, 5.74) is 0. The molecule has 0 unspecified atom stereocenters. The molecule has 0 fully saturated rings. The molecule has 0 aliphatic rings. The van der Waals surface area contributed by atoms with Crippen molar-refractivity contribution in [2.45, 2.75) is 31.0 Å². The Labute approximate surface area is 115 Å². The minimum absolute atomic E-state index is 0.285. The molecule has 10 heteroatoms. The maximum atomic E-state index is 13.5. The minimum Gasteiger partial charge on any atom is -0.415 e. The number of alkyl halides is 6. The van der Waals surface area contributed by atoms with Crippen LogP contribution in [0, 0.1) is 0 Å². The van der Waals surface area contributed by atoms with Gasteiger partial charge >= 0.3 is 36.0 Å². The molecule has 0 atom stereocenters. The topological polar surface area (TPSA) is 52.6 Å². The van der Waals surface area contributed by atoms with E-state index in [0.29, 0.717) is 0 Å². The van der Waals surface area contributed by atoms with Crippen molar-refractivity contribution in [3.05, 3.63) is 25.3 Å². The summed E-state index contributed by atoms with van der Waals surface area (Å²) in [7, 11) is 0. The van der Waals surface area contributed by atoms with Crippen LogP contribution < -0.4 is 0 Å². The van der Waals surface area contributed by atoms with E-state index in [-0.39, 0.29) is 12.2 Å². The molecule has 120 valence electrons. The highest BCUT2D eigenvalue weighted by atomic mass is 19.3. The van der Waals surface area contributed by atoms with Crippen molar-refractivity contribution in [1.82, 2.24) is 0 Å². The monoisotopic (exact) mass is 320 g/mol. The fourth-order valence-electron chi connectivity index (χ4n) is 0.920. The number of rotatable bonds is 7. The average Bonchev–Trinajstić information content (AvgIpc) is 2.35. The number of hydrogen-bond acceptors (Lipinski definition) is 4. The Balaban J connectivity index is 5.66. The van der Waals surface area contributed by atoms with Gasteiger partial charge in [-0.15, -0.1) is 0 Å². The van der Waals surface area contributed by atoms with E-state index in [2.05, 4.69) is 22.6 Å². The van der Waals surface area contributed by atoms with Crippen LogP contribution in [-0.2, 0) is 19.1 Å². The van der Waals surface area contributed by atoms with Crippen molar-refractivity contribution >= 4 is 11.9 Å². The molecule has 0 aliphatic heterocycles. The van der Waals surface area contributed by atoms with Crippen molar-refractivity contribution < 1.29 is 45.4 Å². The quantitative estimate of drug-likeness (QED) is 0.313. The van der Waals surface area contributed by atoms with Crippen molar-refractivity contribution in [1.29, 1.82) is 0 Å². The van der Waals surface area contributed by atoms with Gasteiger partial charge in [-0.05, 0) is 0 Å². The Bertz CT molecular complexity index is 418. The van der Waals surface area contributed by atoms with E-state index in [1.54, 1.807) is 0 Å². The van der Waals surface area contributed by atoms with Gasteiger partial charge < -0.3 is 9.47 Å². The van der Waals surface area contributed by atoms with Crippen LogP contribution in [0.5, 0.6) is 0 Å². The van der Waals surface area contributed by atoms with Crippen molar-refractivity contribution in [2.75, 3.05) is 0 Å². The first-order valence-electron chi connectivity index (χ1n) is 5.10. The molecule has 0 aromatic rings. The van der Waals surface area contributed by atoms with E-state index in [9.17, 15) is 35.9 Å². The number of ether oxygens (including phenoxy) is 2. The van der Waals surface area contributed by atoms with Crippen molar-refractivity contribution in [3.8, 4) is 0 Å². The highest BCUT2D eigenvalue weighted by Gasteiger charge is 2.74. The Hall–Kier alpha value is -2.00. The molecule has 0 aromatic heterocycles. The van der Waals surface area contributed by atoms with Gasteiger partial charge in [0.2, 0.25) is 0 Å². The minimum atomic E-state index is -5.96. The van der Waals surface area contributed by atoms with Crippen LogP contribution in [0.15, 0.2) is 25.3 Å². The molecule has 0 saturated carbocycles. The summed E-state index contributed by atoms with van der Waals surface area (Å²) in [4.78, 5) is 21.6. The van der Waals surface area contributed by atoms with Gasteiger partial charge in [0.05, 0.1) is 0 Å². The van der Waals surface area contributed by atoms with Crippen molar-refractivity contribution in [3.63, 3.8) is 0 Å². The van der Waals surface area contributed by atoms with E-state index in [1.807, 2.05) is 0 Å². The van der Waals surface area contributed by atoms with E-state index < -0.39 is 42.9 Å². The fourth-order valence-corrected chi connectivity index (χ4v) is 0.920. The van der Waals surface area contributed by atoms with Gasteiger partial charge in [-0.2, -0.15) is 26.3 Å². The molecule has 0 aliphatic carbocycles. The Morgan fingerprint density at radius 2 is 1.29 bits per heavy atom. The molecule has 0 radical (unpaired) electrons. The molecule has 0 rings (SSSR count). The third kappa shape index (κ3) is 3.99. The molecule has 0 N–H and O–H groups in total. The lowest BCUT2D eigenvalue weighted by atomic mass is 10.1. The zero-order chi connectivity index (χ0) is 17.1. The molecule has 4 nitrogen and oxygen atoms in total. The highest BCUT2D eigenvalue weighted by molar-refractivity contribution is 5.83. The standard InChI is InChI=1S/C11H10F6O4/c1-4-6(18)20-8(21-7(19)5-2)10(14,15)11(16,17)9(3,12)13/h4-5,8H,1-2H2,3H3. The number of carbonyl (C=O) groups is 2. The fraction of sp³-hybridized carbons (Fsp3) is 0.455. The van der Waals surface area contributed by atoms with Gasteiger partial charge in [-0.1, -0.05) is 13.2 Å². The summed E-state index contributed by atoms with van der Waals surface area (Å²) in [6, 6.07) is 0. The van der Waals surface area contributed by atoms with Gasteiger partial charge in [-0.25, -0.2) is 9.59 Å². The molecule has 0 aromatic carbocycles. The summed E-state index contributed by atoms with van der Waals surface area (Å²) in [6.45, 7) is 5.11. The average molecular weight is 320 g/mol. The molecule has 0 spiro atoms. The largest absolute Gasteiger partial charge is 0.415 e. The van der Waals surface area contributed by atoms with Crippen LogP contribution in [-0.4, -0.2) is 36.0 Å². The van der Waals surface area contributed by atoms with Crippen molar-refractivity contribution in [2.24, 2.45) is 0 Å². The smallest absolute Gasteiger partial charge is 0.388 e. The molecule has 0 amide bonds. The summed E-state index contributed by atoms with van der Waals surface area (Å²) >= 11 is 0. The van der Waals surface area contributed by atoms with Gasteiger partial charge in [0.25, 0.3) is 0 Å². The Kier molecular flexibility index (Phi) is 5.60. The molecule has 0 saturated heterocycles. The lowest BCUT2D eigenvalue weighted by Crippen LogP contribution is -2.60. The first-order valence-corrected chi connectivity index (χ1v) is 5.10. The van der Waals surface area contributed by atoms with Gasteiger partial charge in [0.1, 0.15) is 0 Å². The number of carbonyl (C=O) groups excluding carboxylic acids is 2. The summed E-state index contributed by atoms with van der Waals surface area (Å²) in [5, 5.41) is 0. The lowest BCUT2D eigenvalue weighted by molar-refractivity contribution is -0.357. The second kappa shape index (κ2) is 6.19. The molecule has 0 heterocycles. The number of hydrogen-bond donors (Lipinski definition) is 0. The summed E-state index contributed by atoms with van der Waals surface area (Å²) < 4.78 is 86.0. The molecular formula is C11H10F6O4. The zero-order valence-corrected chi connectivity index (χ0v) is 10.5. The first kappa shape index (κ1) is 19.0. The maximum Gasteiger partial charge on any atom is 0.388 e. The van der Waals surface area contributed by atoms with Gasteiger partial charge in [0.15, 0.2) is 0 Å². The Morgan fingerprint density at radius 3 is 1.52 bits per heavy atom. The lowest BCUT2D eigenvalue weighted by Gasteiger charge is -2.34. The van der Waals surface area contributed by atoms with Crippen LogP contribution in [0.1, 0.15) is 6.92 Å². The van der Waals surface area contributed by atoms with Crippen LogP contribution in [0.2, 0.25) is 0 Å². The number of halogens is 6. The molecular weight excluding hydrogens is 310 g/mol. The van der Waals surface area contributed by atoms with Gasteiger partial charge in [-0.3, -0.25) is 0 Å². The van der Waals surface area contributed by atoms with E-state index in [1.165, 1.54) is 0 Å². The number of esters is 2. The highest BCUT2D eigenvalue weighted by Crippen LogP contribution is 2.48. The van der Waals surface area contributed by atoms with Crippen LogP contribution in [0.4, 0.5) is 26.3 Å². The third-order valence-electron chi connectivity index (χ3n) is 2.05. The van der Waals surface area contributed by atoms with Crippen LogP contribution in [0.3, 0.4) is 0 Å². The second-order valence-electron chi connectivity index (χ2n) is 3.70. The Morgan fingerprint density at radius 1 is 0.952 bits per heavy atom. The predicted octanol–water partition coefficient (Wildman–Crippen LogP) is 2.70. The zero-order valence-electron chi connectivity index (χ0n) is 10.5. The molecule has 21 heavy (non-hydrogen) atoms. The van der Waals surface area contributed by atoms with E-state index >= 15 is 0 Å². The maximum absolute atomic E-state index is 13.5.